The van der Waals surface area contributed by atoms with Crippen molar-refractivity contribution in [1.82, 2.24) is 10.1 Å². The van der Waals surface area contributed by atoms with Gasteiger partial charge in [0.05, 0.1) is 5.69 Å². The number of aromatic nitrogens is 1. The maximum atomic E-state index is 12.8. The smallest absolute Gasteiger partial charge is 0.263 e. The van der Waals surface area contributed by atoms with Gasteiger partial charge in [-0.1, -0.05) is 5.16 Å². The molecule has 1 N–H and O–H groups in total. The minimum atomic E-state index is -0.647. The van der Waals surface area contributed by atoms with Crippen molar-refractivity contribution in [1.29, 1.82) is 0 Å². The Morgan fingerprint density at radius 3 is 2.78 bits per heavy atom. The Labute approximate surface area is 132 Å². The molecular formula is C16H17FN2O4. The van der Waals surface area contributed by atoms with Crippen LogP contribution in [-0.2, 0) is 11.4 Å². The number of benzene rings is 1. The molecule has 1 amide bonds. The second kappa shape index (κ2) is 6.37. The van der Waals surface area contributed by atoms with Gasteiger partial charge in [0.15, 0.2) is 11.9 Å². The zero-order valence-corrected chi connectivity index (χ0v) is 12.6. The number of nitrogens with zero attached hydrogens (tertiary/aromatic N) is 2. The molecule has 0 radical (unpaired) electrons. The highest BCUT2D eigenvalue weighted by atomic mass is 19.1. The van der Waals surface area contributed by atoms with Crippen molar-refractivity contribution < 1.29 is 23.6 Å². The first-order valence-corrected chi connectivity index (χ1v) is 7.34. The van der Waals surface area contributed by atoms with Gasteiger partial charge in [-0.2, -0.15) is 0 Å². The number of likely N-dealkylation sites (tertiary alicyclic amines) is 1. The van der Waals surface area contributed by atoms with Gasteiger partial charge in [0, 0.05) is 25.1 Å². The average Bonchev–Trinajstić information content (AvgIpc) is 2.96. The lowest BCUT2D eigenvalue weighted by atomic mass is 9.95. The zero-order chi connectivity index (χ0) is 16.4. The van der Waals surface area contributed by atoms with Crippen molar-refractivity contribution in [3.05, 3.63) is 47.6 Å². The van der Waals surface area contributed by atoms with Gasteiger partial charge >= 0.3 is 0 Å². The molecule has 1 aliphatic rings. The summed E-state index contributed by atoms with van der Waals surface area (Å²) in [5.41, 5.74) is 0.741. The third-order valence-corrected chi connectivity index (χ3v) is 3.82. The van der Waals surface area contributed by atoms with Crippen LogP contribution in [0.25, 0.3) is 0 Å². The monoisotopic (exact) mass is 320 g/mol. The Kier molecular flexibility index (Phi) is 4.29. The molecule has 1 aromatic carbocycles. The van der Waals surface area contributed by atoms with Crippen molar-refractivity contribution >= 4 is 5.91 Å². The van der Waals surface area contributed by atoms with Gasteiger partial charge in [-0.05, 0) is 31.2 Å². The van der Waals surface area contributed by atoms with Crippen LogP contribution < -0.4 is 4.74 Å². The standard InChI is InChI=1S/C16H17FN2O4/c1-10(22-13-4-2-12(17)3-5-13)16(21)19-7-11(8-19)15-6-14(9-20)23-18-15/h2-6,10-11,20H,7-9H2,1H3. The lowest BCUT2D eigenvalue weighted by Gasteiger charge is -2.39. The lowest BCUT2D eigenvalue weighted by Crippen LogP contribution is -2.52. The maximum absolute atomic E-state index is 12.8. The van der Waals surface area contributed by atoms with Gasteiger partial charge in [-0.15, -0.1) is 0 Å². The van der Waals surface area contributed by atoms with Crippen LogP contribution in [0.4, 0.5) is 4.39 Å². The van der Waals surface area contributed by atoms with E-state index in [4.69, 9.17) is 14.4 Å². The number of halogens is 1. The normalized spacial score (nSPS) is 16.0. The number of rotatable bonds is 5. The van der Waals surface area contributed by atoms with Crippen molar-refractivity contribution in [2.45, 2.75) is 25.6 Å². The van der Waals surface area contributed by atoms with Gasteiger partial charge in [0.25, 0.3) is 5.91 Å². The third kappa shape index (κ3) is 3.34. The van der Waals surface area contributed by atoms with E-state index in [1.165, 1.54) is 24.3 Å². The number of hydrogen-bond donors (Lipinski definition) is 1. The highest BCUT2D eigenvalue weighted by Crippen LogP contribution is 2.27. The predicted octanol–water partition coefficient (Wildman–Crippen LogP) is 1.70. The molecule has 0 saturated carbocycles. The molecule has 1 saturated heterocycles. The number of ether oxygens (including phenoxy) is 1. The van der Waals surface area contributed by atoms with Crippen LogP contribution in [0.15, 0.2) is 34.9 Å². The molecule has 3 rings (SSSR count). The Balaban J connectivity index is 1.52. The molecule has 23 heavy (non-hydrogen) atoms. The Hall–Kier alpha value is -2.41. The molecule has 6 nitrogen and oxygen atoms in total. The molecule has 0 bridgehead atoms. The molecule has 1 fully saturated rings. The topological polar surface area (TPSA) is 75.8 Å². The molecule has 1 aromatic heterocycles. The van der Waals surface area contributed by atoms with Crippen LogP contribution in [0, 0.1) is 5.82 Å². The summed E-state index contributed by atoms with van der Waals surface area (Å²) >= 11 is 0. The summed E-state index contributed by atoms with van der Waals surface area (Å²) in [6.45, 7) is 2.55. The molecule has 7 heteroatoms. The van der Waals surface area contributed by atoms with Crippen LogP contribution in [0.3, 0.4) is 0 Å². The molecule has 0 spiro atoms. The highest BCUT2D eigenvalue weighted by Gasteiger charge is 2.36. The quantitative estimate of drug-likeness (QED) is 0.907. The van der Waals surface area contributed by atoms with Crippen LogP contribution in [0.5, 0.6) is 5.75 Å². The van der Waals surface area contributed by atoms with Gasteiger partial charge < -0.3 is 19.3 Å². The summed E-state index contributed by atoms with van der Waals surface area (Å²) in [5, 5.41) is 12.8. The molecule has 1 unspecified atom stereocenters. The number of carbonyl (C=O) groups excluding carboxylic acids is 1. The first kappa shape index (κ1) is 15.5. The number of hydrogen-bond acceptors (Lipinski definition) is 5. The lowest BCUT2D eigenvalue weighted by molar-refractivity contribution is -0.142. The maximum Gasteiger partial charge on any atom is 0.263 e. The Bertz CT molecular complexity index is 680. The molecule has 1 aliphatic heterocycles. The number of aliphatic hydroxyl groups excluding tert-OH is 1. The predicted molar refractivity (Wildman–Crippen MR) is 78.2 cm³/mol. The fraction of sp³-hybridized carbons (Fsp3) is 0.375. The van der Waals surface area contributed by atoms with E-state index in [0.29, 0.717) is 24.6 Å². The fourth-order valence-electron chi connectivity index (χ4n) is 2.47. The molecule has 2 heterocycles. The van der Waals surface area contributed by atoms with E-state index in [1.54, 1.807) is 17.9 Å². The number of amides is 1. The van der Waals surface area contributed by atoms with E-state index in [-0.39, 0.29) is 24.2 Å². The molecule has 122 valence electrons. The van der Waals surface area contributed by atoms with E-state index in [2.05, 4.69) is 5.16 Å². The highest BCUT2D eigenvalue weighted by molar-refractivity contribution is 5.81. The van der Waals surface area contributed by atoms with Gasteiger partial charge in [-0.3, -0.25) is 4.79 Å². The Morgan fingerprint density at radius 2 is 2.17 bits per heavy atom. The van der Waals surface area contributed by atoms with Gasteiger partial charge in [0.1, 0.15) is 18.2 Å². The van der Waals surface area contributed by atoms with E-state index in [1.807, 2.05) is 0 Å². The van der Waals surface area contributed by atoms with Crippen molar-refractivity contribution in [2.75, 3.05) is 13.1 Å². The van der Waals surface area contributed by atoms with Gasteiger partial charge in [-0.25, -0.2) is 4.39 Å². The second-order valence-corrected chi connectivity index (χ2v) is 5.53. The summed E-state index contributed by atoms with van der Waals surface area (Å²) in [5.74, 6) is 0.500. The SMILES string of the molecule is CC(Oc1ccc(F)cc1)C(=O)N1CC(c2cc(CO)on2)C1. The summed E-state index contributed by atoms with van der Waals surface area (Å²) in [7, 11) is 0. The Morgan fingerprint density at radius 1 is 1.48 bits per heavy atom. The van der Waals surface area contributed by atoms with Crippen LogP contribution in [0.1, 0.15) is 24.3 Å². The van der Waals surface area contributed by atoms with Crippen LogP contribution >= 0.6 is 0 Å². The molecular weight excluding hydrogens is 303 g/mol. The van der Waals surface area contributed by atoms with Crippen molar-refractivity contribution in [2.24, 2.45) is 0 Å². The molecule has 0 aliphatic carbocycles. The molecule has 2 aromatic rings. The summed E-state index contributed by atoms with van der Waals surface area (Å²) in [4.78, 5) is 14.0. The van der Waals surface area contributed by atoms with E-state index in [0.717, 1.165) is 5.69 Å². The largest absolute Gasteiger partial charge is 0.481 e. The third-order valence-electron chi connectivity index (χ3n) is 3.82. The average molecular weight is 320 g/mol. The number of carbonyl (C=O) groups is 1. The summed E-state index contributed by atoms with van der Waals surface area (Å²) in [6.07, 6.45) is -0.647. The summed E-state index contributed by atoms with van der Waals surface area (Å²) in [6, 6.07) is 7.25. The minimum Gasteiger partial charge on any atom is -0.481 e. The number of aliphatic hydroxyl groups is 1. The van der Waals surface area contributed by atoms with E-state index < -0.39 is 6.10 Å². The summed E-state index contributed by atoms with van der Waals surface area (Å²) < 4.78 is 23.3. The van der Waals surface area contributed by atoms with E-state index in [9.17, 15) is 9.18 Å². The van der Waals surface area contributed by atoms with Crippen LogP contribution in [-0.4, -0.2) is 40.3 Å². The first-order valence-electron chi connectivity index (χ1n) is 7.34. The fourth-order valence-corrected chi connectivity index (χ4v) is 2.47. The minimum absolute atomic E-state index is 0.112. The van der Waals surface area contributed by atoms with Gasteiger partial charge in [0.2, 0.25) is 0 Å². The van der Waals surface area contributed by atoms with Crippen LogP contribution in [0.2, 0.25) is 0 Å². The first-order chi connectivity index (χ1) is 11.1. The van der Waals surface area contributed by atoms with Crippen molar-refractivity contribution in [3.8, 4) is 5.75 Å². The molecule has 1 atom stereocenters. The van der Waals surface area contributed by atoms with E-state index >= 15 is 0 Å². The zero-order valence-electron chi connectivity index (χ0n) is 12.6. The van der Waals surface area contributed by atoms with Crippen molar-refractivity contribution in [3.63, 3.8) is 0 Å². The second-order valence-electron chi connectivity index (χ2n) is 5.53.